The highest BCUT2D eigenvalue weighted by Crippen LogP contribution is 2.27. The summed E-state index contributed by atoms with van der Waals surface area (Å²) < 4.78 is 6.14. The number of hydrogen-bond acceptors (Lipinski definition) is 3. The summed E-state index contributed by atoms with van der Waals surface area (Å²) in [5.41, 5.74) is 2.40. The third-order valence-electron chi connectivity index (χ3n) is 3.99. The molecule has 1 saturated carbocycles. The molecule has 0 bridgehead atoms. The van der Waals surface area contributed by atoms with Gasteiger partial charge in [0.25, 0.3) is 0 Å². The van der Waals surface area contributed by atoms with Crippen LogP contribution in [0.15, 0.2) is 12.1 Å². The van der Waals surface area contributed by atoms with Crippen LogP contribution in [0.5, 0.6) is 5.88 Å². The molecule has 3 heteroatoms. The zero-order valence-electron chi connectivity index (χ0n) is 14.2. The predicted molar refractivity (Wildman–Crippen MR) is 87.6 cm³/mol. The monoisotopic (exact) mass is 290 g/mol. The Morgan fingerprint density at radius 2 is 2.05 bits per heavy atom. The normalized spacial score (nSPS) is 23.1. The van der Waals surface area contributed by atoms with Crippen LogP contribution in [0.25, 0.3) is 0 Å². The fourth-order valence-corrected chi connectivity index (χ4v) is 2.89. The van der Waals surface area contributed by atoms with E-state index in [1.807, 2.05) is 6.92 Å². The van der Waals surface area contributed by atoms with Crippen LogP contribution in [0.4, 0.5) is 0 Å². The second-order valence-electron chi connectivity index (χ2n) is 7.57. The number of hydrogen-bond donors (Lipinski definition) is 1. The molecule has 1 heterocycles. The van der Waals surface area contributed by atoms with Gasteiger partial charge in [-0.15, -0.1) is 0 Å². The minimum Gasteiger partial charge on any atom is -0.474 e. The Bertz CT molecular complexity index is 465. The van der Waals surface area contributed by atoms with Gasteiger partial charge in [-0.25, -0.2) is 4.98 Å². The average Bonchev–Trinajstić information content (AvgIpc) is 2.35. The molecule has 0 spiro atoms. The van der Waals surface area contributed by atoms with E-state index in [1.54, 1.807) is 0 Å². The lowest BCUT2D eigenvalue weighted by Gasteiger charge is -2.27. The fourth-order valence-electron chi connectivity index (χ4n) is 2.89. The minimum atomic E-state index is 0.122. The molecule has 1 fully saturated rings. The summed E-state index contributed by atoms with van der Waals surface area (Å²) in [5.74, 6) is 1.57. The highest BCUT2D eigenvalue weighted by molar-refractivity contribution is 5.25. The topological polar surface area (TPSA) is 34.1 Å². The van der Waals surface area contributed by atoms with Gasteiger partial charge < -0.3 is 10.1 Å². The second kappa shape index (κ2) is 6.78. The molecule has 0 aliphatic heterocycles. The van der Waals surface area contributed by atoms with Crippen LogP contribution in [0, 0.1) is 12.8 Å². The van der Waals surface area contributed by atoms with Crippen molar-refractivity contribution < 1.29 is 4.74 Å². The first-order chi connectivity index (χ1) is 9.82. The highest BCUT2D eigenvalue weighted by Gasteiger charge is 2.21. The van der Waals surface area contributed by atoms with Crippen LogP contribution in [0.3, 0.4) is 0 Å². The maximum absolute atomic E-state index is 6.14. The molecule has 2 atom stereocenters. The molecule has 0 amide bonds. The van der Waals surface area contributed by atoms with Gasteiger partial charge in [0.2, 0.25) is 5.88 Å². The Kier molecular flexibility index (Phi) is 5.26. The number of ether oxygens (including phenoxy) is 1. The Balaban J connectivity index is 2.01. The fraction of sp³-hybridized carbons (Fsp3) is 0.722. The minimum absolute atomic E-state index is 0.122. The number of pyridine rings is 1. The molecule has 21 heavy (non-hydrogen) atoms. The summed E-state index contributed by atoms with van der Waals surface area (Å²) in [6.07, 6.45) is 5.27. The summed E-state index contributed by atoms with van der Waals surface area (Å²) in [5, 5.41) is 3.52. The van der Waals surface area contributed by atoms with Crippen LogP contribution in [-0.2, 0) is 6.54 Å². The van der Waals surface area contributed by atoms with E-state index < -0.39 is 0 Å². The number of nitrogens with one attached hydrogen (secondary N) is 1. The second-order valence-corrected chi connectivity index (χ2v) is 7.57. The van der Waals surface area contributed by atoms with Gasteiger partial charge in [-0.2, -0.15) is 0 Å². The molecule has 0 saturated heterocycles. The number of aryl methyl sites for hydroxylation is 1. The van der Waals surface area contributed by atoms with Gasteiger partial charge in [0.1, 0.15) is 6.10 Å². The first-order valence-electron chi connectivity index (χ1n) is 8.21. The van der Waals surface area contributed by atoms with Gasteiger partial charge in [-0.1, -0.05) is 13.3 Å². The van der Waals surface area contributed by atoms with Crippen molar-refractivity contribution >= 4 is 0 Å². The van der Waals surface area contributed by atoms with Crippen molar-refractivity contribution in [3.63, 3.8) is 0 Å². The molecule has 1 aromatic rings. The molecule has 1 N–H and O–H groups in total. The SMILES string of the molecule is Cc1cc(CNC(C)(C)C)cc(OC2CCCC(C)C2)n1. The van der Waals surface area contributed by atoms with Crippen molar-refractivity contribution in [3.05, 3.63) is 23.4 Å². The van der Waals surface area contributed by atoms with E-state index >= 15 is 0 Å². The third kappa shape index (κ3) is 5.66. The number of rotatable bonds is 4. The maximum atomic E-state index is 6.14. The lowest BCUT2D eigenvalue weighted by Crippen LogP contribution is -2.35. The van der Waals surface area contributed by atoms with Crippen LogP contribution in [0.1, 0.15) is 64.6 Å². The molecule has 2 rings (SSSR count). The van der Waals surface area contributed by atoms with Gasteiger partial charge in [0.05, 0.1) is 0 Å². The molecular formula is C18H30N2O. The number of aromatic nitrogens is 1. The third-order valence-corrected chi connectivity index (χ3v) is 3.99. The summed E-state index contributed by atoms with van der Waals surface area (Å²) >= 11 is 0. The smallest absolute Gasteiger partial charge is 0.214 e. The molecule has 118 valence electrons. The largest absolute Gasteiger partial charge is 0.474 e. The zero-order chi connectivity index (χ0) is 15.5. The molecule has 1 aliphatic rings. The summed E-state index contributed by atoms with van der Waals surface area (Å²) in [4.78, 5) is 4.55. The van der Waals surface area contributed by atoms with E-state index in [0.717, 1.165) is 36.9 Å². The van der Waals surface area contributed by atoms with E-state index in [4.69, 9.17) is 4.74 Å². The van der Waals surface area contributed by atoms with Gasteiger partial charge in [-0.05, 0) is 64.5 Å². The Morgan fingerprint density at radius 3 is 2.71 bits per heavy atom. The molecule has 1 aromatic heterocycles. The molecule has 0 aromatic carbocycles. The molecule has 2 unspecified atom stereocenters. The zero-order valence-corrected chi connectivity index (χ0v) is 14.2. The molecule has 3 nitrogen and oxygen atoms in total. The van der Waals surface area contributed by atoms with Crippen LogP contribution in [0.2, 0.25) is 0 Å². The standard InChI is InChI=1S/C18H30N2O/c1-13-7-6-8-16(9-13)21-17-11-15(10-14(2)20-17)12-19-18(3,4)5/h10-11,13,16,19H,6-9,12H2,1-5H3. The van der Waals surface area contributed by atoms with Crippen molar-refractivity contribution in [2.24, 2.45) is 5.92 Å². The lowest BCUT2D eigenvalue weighted by atomic mass is 9.89. The van der Waals surface area contributed by atoms with Crippen molar-refractivity contribution in [2.45, 2.75) is 78.5 Å². The van der Waals surface area contributed by atoms with Gasteiger partial charge in [0.15, 0.2) is 0 Å². The van der Waals surface area contributed by atoms with Crippen LogP contribution >= 0.6 is 0 Å². The molecule has 0 radical (unpaired) electrons. The summed E-state index contributed by atoms with van der Waals surface area (Å²) in [7, 11) is 0. The van der Waals surface area contributed by atoms with E-state index in [1.165, 1.54) is 18.4 Å². The Labute approximate surface area is 129 Å². The first-order valence-corrected chi connectivity index (χ1v) is 8.21. The van der Waals surface area contributed by atoms with E-state index in [9.17, 15) is 0 Å². The average molecular weight is 290 g/mol. The van der Waals surface area contributed by atoms with Gasteiger partial charge in [-0.3, -0.25) is 0 Å². The van der Waals surface area contributed by atoms with E-state index in [-0.39, 0.29) is 5.54 Å². The van der Waals surface area contributed by atoms with Gasteiger partial charge >= 0.3 is 0 Å². The van der Waals surface area contributed by atoms with E-state index in [2.05, 4.69) is 50.1 Å². The van der Waals surface area contributed by atoms with Crippen molar-refractivity contribution in [1.82, 2.24) is 10.3 Å². The predicted octanol–water partition coefficient (Wildman–Crippen LogP) is 4.24. The number of nitrogens with zero attached hydrogens (tertiary/aromatic N) is 1. The molecular weight excluding hydrogens is 260 g/mol. The van der Waals surface area contributed by atoms with Crippen molar-refractivity contribution in [2.75, 3.05) is 0 Å². The van der Waals surface area contributed by atoms with Crippen molar-refractivity contribution in [3.8, 4) is 5.88 Å². The Morgan fingerprint density at radius 1 is 1.29 bits per heavy atom. The summed E-state index contributed by atoms with van der Waals surface area (Å²) in [6.45, 7) is 11.8. The summed E-state index contributed by atoms with van der Waals surface area (Å²) in [6, 6.07) is 4.22. The van der Waals surface area contributed by atoms with E-state index in [0.29, 0.717) is 6.10 Å². The maximum Gasteiger partial charge on any atom is 0.214 e. The lowest BCUT2D eigenvalue weighted by molar-refractivity contribution is 0.123. The molecule has 1 aliphatic carbocycles. The van der Waals surface area contributed by atoms with Gasteiger partial charge in [0, 0.05) is 23.8 Å². The van der Waals surface area contributed by atoms with Crippen LogP contribution in [-0.4, -0.2) is 16.6 Å². The first kappa shape index (κ1) is 16.3. The Hall–Kier alpha value is -1.09. The highest BCUT2D eigenvalue weighted by atomic mass is 16.5. The van der Waals surface area contributed by atoms with Crippen molar-refractivity contribution in [1.29, 1.82) is 0 Å². The quantitative estimate of drug-likeness (QED) is 0.900. The van der Waals surface area contributed by atoms with Crippen LogP contribution < -0.4 is 10.1 Å².